The summed E-state index contributed by atoms with van der Waals surface area (Å²) in [6.07, 6.45) is 3.95. The Kier molecular flexibility index (Phi) is 2.10. The lowest BCUT2D eigenvalue weighted by Crippen LogP contribution is -2.13. The van der Waals surface area contributed by atoms with Gasteiger partial charge in [0.05, 0.1) is 11.7 Å². The molecule has 0 radical (unpaired) electrons. The Hall–Kier alpha value is -0.870. The van der Waals surface area contributed by atoms with E-state index >= 15 is 0 Å². The van der Waals surface area contributed by atoms with Gasteiger partial charge in [0.15, 0.2) is 0 Å². The zero-order valence-electron chi connectivity index (χ0n) is 6.92. The van der Waals surface area contributed by atoms with Gasteiger partial charge in [-0.15, -0.1) is 0 Å². The van der Waals surface area contributed by atoms with E-state index in [1.54, 1.807) is 6.26 Å². The molecule has 0 saturated carbocycles. The third-order valence-corrected chi connectivity index (χ3v) is 2.14. The number of aromatic nitrogens is 1. The fraction of sp³-hybridized carbons (Fsp3) is 0.625. The van der Waals surface area contributed by atoms with Crippen molar-refractivity contribution < 1.29 is 4.42 Å². The number of nitrogens with two attached hydrogens (primary N) is 1. The fourth-order valence-corrected chi connectivity index (χ4v) is 1.47. The number of rotatable bonds is 2. The van der Waals surface area contributed by atoms with Crippen molar-refractivity contribution in [3.63, 3.8) is 0 Å². The zero-order valence-corrected chi connectivity index (χ0v) is 6.92. The highest BCUT2D eigenvalue weighted by Crippen LogP contribution is 2.21. The molecule has 0 aromatic carbocycles. The SMILES string of the molecule is NCc1coc(C2CCCN2)n1. The van der Waals surface area contributed by atoms with Crippen LogP contribution in [0.25, 0.3) is 0 Å². The van der Waals surface area contributed by atoms with E-state index in [0.717, 1.165) is 24.6 Å². The Labute approximate surface area is 71.2 Å². The van der Waals surface area contributed by atoms with Crippen molar-refractivity contribution in [2.24, 2.45) is 5.73 Å². The molecule has 0 spiro atoms. The lowest BCUT2D eigenvalue weighted by Gasteiger charge is -2.02. The molecule has 1 aliphatic heterocycles. The smallest absolute Gasteiger partial charge is 0.211 e. The molecular formula is C8H13N3O. The predicted octanol–water partition coefficient (Wildman–Crippen LogP) is 0.558. The molecule has 2 heterocycles. The molecule has 2 rings (SSSR count). The van der Waals surface area contributed by atoms with Crippen molar-refractivity contribution in [2.75, 3.05) is 6.54 Å². The summed E-state index contributed by atoms with van der Waals surface area (Å²) in [5.74, 6) is 0.785. The first kappa shape index (κ1) is 7.76. The molecule has 0 amide bonds. The summed E-state index contributed by atoms with van der Waals surface area (Å²) in [5.41, 5.74) is 6.25. The molecule has 1 aromatic rings. The summed E-state index contributed by atoms with van der Waals surface area (Å²) in [6, 6.07) is 0.310. The molecule has 1 unspecified atom stereocenters. The van der Waals surface area contributed by atoms with Crippen LogP contribution < -0.4 is 11.1 Å². The predicted molar refractivity (Wildman–Crippen MR) is 44.4 cm³/mol. The minimum atomic E-state index is 0.310. The third kappa shape index (κ3) is 1.35. The van der Waals surface area contributed by atoms with Crippen molar-refractivity contribution in [1.29, 1.82) is 0 Å². The zero-order chi connectivity index (χ0) is 8.39. The Bertz CT molecular complexity index is 253. The van der Waals surface area contributed by atoms with E-state index < -0.39 is 0 Å². The van der Waals surface area contributed by atoms with Gasteiger partial charge in [0.2, 0.25) is 5.89 Å². The molecule has 1 fully saturated rings. The first-order valence-electron chi connectivity index (χ1n) is 4.28. The average Bonchev–Trinajstić information content (AvgIpc) is 2.75. The summed E-state index contributed by atoms with van der Waals surface area (Å²) >= 11 is 0. The average molecular weight is 167 g/mol. The van der Waals surface area contributed by atoms with Gasteiger partial charge in [0.1, 0.15) is 6.26 Å². The molecule has 1 aromatic heterocycles. The number of hydrogen-bond donors (Lipinski definition) is 2. The Morgan fingerprint density at radius 3 is 3.25 bits per heavy atom. The topological polar surface area (TPSA) is 64.1 Å². The van der Waals surface area contributed by atoms with Gasteiger partial charge in [-0.25, -0.2) is 4.98 Å². The molecule has 4 heteroatoms. The van der Waals surface area contributed by atoms with Crippen LogP contribution in [0.3, 0.4) is 0 Å². The van der Waals surface area contributed by atoms with Crippen molar-refractivity contribution in [3.05, 3.63) is 17.8 Å². The molecule has 1 saturated heterocycles. The quantitative estimate of drug-likeness (QED) is 0.675. The van der Waals surface area contributed by atoms with Gasteiger partial charge in [-0.05, 0) is 19.4 Å². The van der Waals surface area contributed by atoms with E-state index in [4.69, 9.17) is 10.2 Å². The van der Waals surface area contributed by atoms with Crippen LogP contribution in [0.15, 0.2) is 10.7 Å². The Morgan fingerprint density at radius 2 is 2.67 bits per heavy atom. The van der Waals surface area contributed by atoms with Crippen LogP contribution in [0.4, 0.5) is 0 Å². The van der Waals surface area contributed by atoms with Crippen molar-refractivity contribution in [1.82, 2.24) is 10.3 Å². The monoisotopic (exact) mass is 167 g/mol. The summed E-state index contributed by atoms with van der Waals surface area (Å²) < 4.78 is 5.29. The normalized spacial score (nSPS) is 23.2. The maximum Gasteiger partial charge on any atom is 0.211 e. The molecule has 1 atom stereocenters. The fourth-order valence-electron chi connectivity index (χ4n) is 1.47. The van der Waals surface area contributed by atoms with Crippen LogP contribution in [0, 0.1) is 0 Å². The van der Waals surface area contributed by atoms with Gasteiger partial charge in [0, 0.05) is 6.54 Å². The highest BCUT2D eigenvalue weighted by Gasteiger charge is 2.20. The van der Waals surface area contributed by atoms with Gasteiger partial charge in [0.25, 0.3) is 0 Å². The summed E-state index contributed by atoms with van der Waals surface area (Å²) in [6.45, 7) is 1.52. The van der Waals surface area contributed by atoms with E-state index in [0.29, 0.717) is 12.6 Å². The van der Waals surface area contributed by atoms with Crippen molar-refractivity contribution in [2.45, 2.75) is 25.4 Å². The van der Waals surface area contributed by atoms with Gasteiger partial charge in [-0.1, -0.05) is 0 Å². The molecular weight excluding hydrogens is 154 g/mol. The number of hydrogen-bond acceptors (Lipinski definition) is 4. The van der Waals surface area contributed by atoms with Crippen LogP contribution in [0.5, 0.6) is 0 Å². The Balaban J connectivity index is 2.11. The summed E-state index contributed by atoms with van der Waals surface area (Å²) in [4.78, 5) is 4.26. The number of nitrogens with zero attached hydrogens (tertiary/aromatic N) is 1. The molecule has 12 heavy (non-hydrogen) atoms. The van der Waals surface area contributed by atoms with Gasteiger partial charge < -0.3 is 15.5 Å². The van der Waals surface area contributed by atoms with E-state index in [2.05, 4.69) is 10.3 Å². The maximum atomic E-state index is 5.42. The van der Waals surface area contributed by atoms with Crippen LogP contribution in [-0.2, 0) is 6.54 Å². The van der Waals surface area contributed by atoms with E-state index in [1.165, 1.54) is 6.42 Å². The summed E-state index contributed by atoms with van der Waals surface area (Å²) in [5, 5.41) is 3.31. The second-order valence-electron chi connectivity index (χ2n) is 3.03. The molecule has 3 N–H and O–H groups in total. The molecule has 0 aliphatic carbocycles. The first-order chi connectivity index (χ1) is 5.90. The highest BCUT2D eigenvalue weighted by molar-refractivity contribution is 5.00. The van der Waals surface area contributed by atoms with Gasteiger partial charge in [-0.3, -0.25) is 0 Å². The molecule has 0 bridgehead atoms. The van der Waals surface area contributed by atoms with E-state index in [-0.39, 0.29) is 0 Å². The lowest BCUT2D eigenvalue weighted by atomic mass is 10.2. The van der Waals surface area contributed by atoms with E-state index in [9.17, 15) is 0 Å². The third-order valence-electron chi connectivity index (χ3n) is 2.14. The molecule has 1 aliphatic rings. The second kappa shape index (κ2) is 3.25. The van der Waals surface area contributed by atoms with Crippen molar-refractivity contribution in [3.8, 4) is 0 Å². The molecule has 4 nitrogen and oxygen atoms in total. The largest absolute Gasteiger partial charge is 0.447 e. The standard InChI is InChI=1S/C8H13N3O/c9-4-6-5-12-8(11-6)7-2-1-3-10-7/h5,7,10H,1-4,9H2. The van der Waals surface area contributed by atoms with Crippen LogP contribution in [0.2, 0.25) is 0 Å². The number of nitrogens with one attached hydrogen (secondary N) is 1. The summed E-state index contributed by atoms with van der Waals surface area (Å²) in [7, 11) is 0. The molecule has 66 valence electrons. The Morgan fingerprint density at radius 1 is 1.75 bits per heavy atom. The second-order valence-corrected chi connectivity index (χ2v) is 3.03. The minimum absolute atomic E-state index is 0.310. The maximum absolute atomic E-state index is 5.42. The van der Waals surface area contributed by atoms with Gasteiger partial charge in [-0.2, -0.15) is 0 Å². The highest BCUT2D eigenvalue weighted by atomic mass is 16.3. The minimum Gasteiger partial charge on any atom is -0.447 e. The van der Waals surface area contributed by atoms with Crippen molar-refractivity contribution >= 4 is 0 Å². The van der Waals surface area contributed by atoms with E-state index in [1.807, 2.05) is 0 Å². The number of oxazole rings is 1. The van der Waals surface area contributed by atoms with Crippen LogP contribution >= 0.6 is 0 Å². The first-order valence-corrected chi connectivity index (χ1v) is 4.28. The van der Waals surface area contributed by atoms with Crippen LogP contribution in [0.1, 0.15) is 30.5 Å². The lowest BCUT2D eigenvalue weighted by molar-refractivity contribution is 0.429. The van der Waals surface area contributed by atoms with Crippen LogP contribution in [-0.4, -0.2) is 11.5 Å². The van der Waals surface area contributed by atoms with Gasteiger partial charge >= 0.3 is 0 Å².